The molecule has 0 spiro atoms. The van der Waals surface area contributed by atoms with Gasteiger partial charge in [-0.25, -0.2) is 13.8 Å². The Bertz CT molecular complexity index is 352. The lowest BCUT2D eigenvalue weighted by Gasteiger charge is -2.04. The fraction of sp³-hybridized carbons (Fsp3) is 0.143. The van der Waals surface area contributed by atoms with Gasteiger partial charge in [0.25, 0.3) is 6.43 Å². The summed E-state index contributed by atoms with van der Waals surface area (Å²) in [5, 5.41) is 8.09. The van der Waals surface area contributed by atoms with E-state index in [1.54, 1.807) is 6.07 Å². The minimum atomic E-state index is -2.71. The molecule has 1 aromatic rings. The van der Waals surface area contributed by atoms with Crippen molar-refractivity contribution in [1.82, 2.24) is 4.98 Å². The number of nitriles is 1. The van der Waals surface area contributed by atoms with Gasteiger partial charge in [0.2, 0.25) is 0 Å². The topological polar surface area (TPSA) is 36.7 Å². The average molecular weight is 267 g/mol. The summed E-state index contributed by atoms with van der Waals surface area (Å²) in [6.45, 7) is 0. The molecule has 0 aliphatic heterocycles. The van der Waals surface area contributed by atoms with E-state index < -0.39 is 6.43 Å². The molecule has 0 atom stereocenters. The highest BCUT2D eigenvalue weighted by molar-refractivity contribution is 9.10. The maximum absolute atomic E-state index is 12.3. The number of nitrogens with zero attached hydrogens (tertiary/aromatic N) is 2. The van der Waals surface area contributed by atoms with E-state index in [-0.39, 0.29) is 20.9 Å². The van der Waals surface area contributed by atoms with Crippen LogP contribution in [0.2, 0.25) is 5.15 Å². The van der Waals surface area contributed by atoms with Gasteiger partial charge < -0.3 is 0 Å². The first kappa shape index (κ1) is 10.4. The molecule has 1 rings (SSSR count). The number of hydrogen-bond donors (Lipinski definition) is 0. The normalized spacial score (nSPS) is 10.2. The lowest BCUT2D eigenvalue weighted by molar-refractivity contribution is 0.150. The van der Waals surface area contributed by atoms with E-state index in [0.717, 1.165) is 0 Å². The first-order chi connectivity index (χ1) is 6.06. The number of hydrogen-bond acceptors (Lipinski definition) is 2. The van der Waals surface area contributed by atoms with Crippen molar-refractivity contribution >= 4 is 27.5 Å². The summed E-state index contributed by atoms with van der Waals surface area (Å²) in [5.41, 5.74) is -0.387. The quantitative estimate of drug-likeness (QED) is 0.732. The molecule has 13 heavy (non-hydrogen) atoms. The zero-order valence-corrected chi connectivity index (χ0v) is 8.40. The summed E-state index contributed by atoms with van der Waals surface area (Å²) in [6, 6.07) is 2.91. The van der Waals surface area contributed by atoms with E-state index >= 15 is 0 Å². The lowest BCUT2D eigenvalue weighted by atomic mass is 10.2. The average Bonchev–Trinajstić information content (AvgIpc) is 2.02. The minimum absolute atomic E-state index is 0.00118. The van der Waals surface area contributed by atoms with Crippen LogP contribution in [0.3, 0.4) is 0 Å². The molecule has 68 valence electrons. The molecule has 0 saturated heterocycles. The third kappa shape index (κ3) is 2.14. The lowest BCUT2D eigenvalue weighted by Crippen LogP contribution is -1.93. The smallest absolute Gasteiger partial charge is 0.225 e. The highest BCUT2D eigenvalue weighted by Crippen LogP contribution is 2.32. The number of alkyl halides is 2. The van der Waals surface area contributed by atoms with Crippen LogP contribution in [-0.2, 0) is 0 Å². The van der Waals surface area contributed by atoms with Crippen LogP contribution in [-0.4, -0.2) is 4.98 Å². The fourth-order valence-electron chi connectivity index (χ4n) is 0.746. The van der Waals surface area contributed by atoms with E-state index in [1.165, 1.54) is 6.07 Å². The monoisotopic (exact) mass is 266 g/mol. The van der Waals surface area contributed by atoms with E-state index in [1.807, 2.05) is 0 Å². The van der Waals surface area contributed by atoms with Crippen LogP contribution in [0.5, 0.6) is 0 Å². The molecule has 1 aromatic heterocycles. The molecule has 2 nitrogen and oxygen atoms in total. The molecule has 6 heteroatoms. The van der Waals surface area contributed by atoms with Crippen LogP contribution in [0.4, 0.5) is 8.78 Å². The van der Waals surface area contributed by atoms with Gasteiger partial charge in [0.1, 0.15) is 16.9 Å². The van der Waals surface area contributed by atoms with Gasteiger partial charge in [0.15, 0.2) is 0 Å². The van der Waals surface area contributed by atoms with Gasteiger partial charge in [-0.1, -0.05) is 27.5 Å². The molecule has 0 amide bonds. The van der Waals surface area contributed by atoms with Gasteiger partial charge in [-0.15, -0.1) is 0 Å². The molecule has 0 bridgehead atoms. The van der Waals surface area contributed by atoms with Gasteiger partial charge in [-0.05, 0) is 6.07 Å². The standard InChI is InChI=1S/C7H2BrClF2N2/c8-4-1-3(2-12)13-6(9)5(4)7(10)11/h1,7H. The SMILES string of the molecule is N#Cc1cc(Br)c(C(F)F)c(Cl)n1. The second-order valence-electron chi connectivity index (χ2n) is 2.11. The molecule has 0 aliphatic carbocycles. The Balaban J connectivity index is 3.33. The number of pyridine rings is 1. The van der Waals surface area contributed by atoms with Gasteiger partial charge in [0.05, 0.1) is 5.56 Å². The van der Waals surface area contributed by atoms with Crippen molar-refractivity contribution < 1.29 is 8.78 Å². The van der Waals surface area contributed by atoms with E-state index in [2.05, 4.69) is 20.9 Å². The zero-order valence-electron chi connectivity index (χ0n) is 6.06. The molecular weight excluding hydrogens is 265 g/mol. The number of halogens is 4. The summed E-state index contributed by atoms with van der Waals surface area (Å²) in [5.74, 6) is 0. The summed E-state index contributed by atoms with van der Waals surface area (Å²) >= 11 is 8.32. The summed E-state index contributed by atoms with van der Waals surface area (Å²) in [4.78, 5) is 3.47. The molecule has 0 unspecified atom stereocenters. The van der Waals surface area contributed by atoms with Crippen LogP contribution in [0.15, 0.2) is 10.5 Å². The third-order valence-corrected chi connectivity index (χ3v) is 2.24. The van der Waals surface area contributed by atoms with Gasteiger partial charge in [-0.2, -0.15) is 5.26 Å². The highest BCUT2D eigenvalue weighted by Gasteiger charge is 2.18. The largest absolute Gasteiger partial charge is 0.267 e. The first-order valence-corrected chi connectivity index (χ1v) is 4.27. The molecular formula is C7H2BrClF2N2. The van der Waals surface area contributed by atoms with Crippen LogP contribution in [0.25, 0.3) is 0 Å². The Kier molecular flexibility index (Phi) is 3.17. The molecule has 0 aliphatic rings. The van der Waals surface area contributed by atoms with Crippen molar-refractivity contribution in [1.29, 1.82) is 5.26 Å². The van der Waals surface area contributed by atoms with Crippen molar-refractivity contribution in [3.05, 3.63) is 26.9 Å². The minimum Gasteiger partial charge on any atom is -0.225 e. The predicted octanol–water partition coefficient (Wildman–Crippen LogP) is 3.31. The second kappa shape index (κ2) is 3.99. The second-order valence-corrected chi connectivity index (χ2v) is 3.32. The number of aromatic nitrogens is 1. The Morgan fingerprint density at radius 1 is 1.62 bits per heavy atom. The summed E-state index contributed by atoms with van der Waals surface area (Å²) < 4.78 is 24.7. The van der Waals surface area contributed by atoms with Gasteiger partial charge in [0, 0.05) is 4.47 Å². The van der Waals surface area contributed by atoms with Crippen molar-refractivity contribution in [2.24, 2.45) is 0 Å². The van der Waals surface area contributed by atoms with Crippen molar-refractivity contribution in [3.8, 4) is 6.07 Å². The molecule has 0 radical (unpaired) electrons. The van der Waals surface area contributed by atoms with E-state index in [4.69, 9.17) is 16.9 Å². The van der Waals surface area contributed by atoms with Gasteiger partial charge in [-0.3, -0.25) is 0 Å². The van der Waals surface area contributed by atoms with Crippen LogP contribution in [0.1, 0.15) is 17.7 Å². The summed E-state index contributed by atoms with van der Waals surface area (Å²) in [7, 11) is 0. The Morgan fingerprint density at radius 3 is 2.62 bits per heavy atom. The van der Waals surface area contributed by atoms with E-state index in [9.17, 15) is 8.78 Å². The molecule has 0 N–H and O–H groups in total. The van der Waals surface area contributed by atoms with E-state index in [0.29, 0.717) is 0 Å². The Labute approximate surface area is 86.3 Å². The fourth-order valence-corrected chi connectivity index (χ4v) is 1.71. The molecule has 1 heterocycles. The summed E-state index contributed by atoms with van der Waals surface area (Å²) in [6.07, 6.45) is -2.71. The molecule has 0 saturated carbocycles. The van der Waals surface area contributed by atoms with Crippen molar-refractivity contribution in [2.45, 2.75) is 6.43 Å². The predicted molar refractivity (Wildman–Crippen MR) is 46.6 cm³/mol. The van der Waals surface area contributed by atoms with Gasteiger partial charge >= 0.3 is 0 Å². The first-order valence-electron chi connectivity index (χ1n) is 3.10. The van der Waals surface area contributed by atoms with Crippen LogP contribution in [0, 0.1) is 11.3 Å². The Morgan fingerprint density at radius 2 is 2.23 bits per heavy atom. The molecule has 0 fully saturated rings. The molecule has 0 aromatic carbocycles. The number of rotatable bonds is 1. The maximum atomic E-state index is 12.3. The maximum Gasteiger partial charge on any atom is 0.267 e. The van der Waals surface area contributed by atoms with Crippen LogP contribution < -0.4 is 0 Å². The third-order valence-electron chi connectivity index (χ3n) is 1.29. The van der Waals surface area contributed by atoms with Crippen LogP contribution >= 0.6 is 27.5 Å². The zero-order chi connectivity index (χ0) is 10.0. The Hall–Kier alpha value is -0.730. The van der Waals surface area contributed by atoms with Crippen molar-refractivity contribution in [2.75, 3.05) is 0 Å². The highest BCUT2D eigenvalue weighted by atomic mass is 79.9. The van der Waals surface area contributed by atoms with Crippen molar-refractivity contribution in [3.63, 3.8) is 0 Å².